The molecule has 2 aromatic carbocycles. The van der Waals surface area contributed by atoms with Gasteiger partial charge in [0.2, 0.25) is 0 Å². The van der Waals surface area contributed by atoms with Crippen molar-refractivity contribution in [1.82, 2.24) is 5.32 Å². The average molecular weight is 369 g/mol. The molecule has 1 aliphatic heterocycles. The first-order valence-corrected chi connectivity index (χ1v) is 10.2. The molecule has 0 amide bonds. The summed E-state index contributed by atoms with van der Waals surface area (Å²) in [6.45, 7) is 6.70. The molecule has 0 aliphatic carbocycles. The van der Waals surface area contributed by atoms with Gasteiger partial charge in [-0.2, -0.15) is 0 Å². The van der Waals surface area contributed by atoms with E-state index in [4.69, 9.17) is 12.2 Å². The first-order chi connectivity index (χ1) is 12.7. The quantitative estimate of drug-likeness (QED) is 0.683. The number of rotatable bonds is 6. The molecule has 4 heteroatoms. The molecule has 0 atom stereocenters. The minimum Gasteiger partial charge on any atom is -0.358 e. The van der Waals surface area contributed by atoms with Crippen LogP contribution in [0.1, 0.15) is 42.9 Å². The van der Waals surface area contributed by atoms with Gasteiger partial charge in [-0.1, -0.05) is 43.3 Å². The molecule has 1 saturated heterocycles. The maximum Gasteiger partial charge on any atom is 0.171 e. The van der Waals surface area contributed by atoms with Crippen molar-refractivity contribution in [3.63, 3.8) is 0 Å². The molecule has 0 aromatic heterocycles. The average Bonchev–Trinajstić information content (AvgIpc) is 2.69. The highest BCUT2D eigenvalue weighted by atomic mass is 32.1. The molecule has 0 bridgehead atoms. The van der Waals surface area contributed by atoms with Gasteiger partial charge in [-0.3, -0.25) is 0 Å². The minimum absolute atomic E-state index is 0.663. The van der Waals surface area contributed by atoms with Gasteiger partial charge < -0.3 is 15.5 Å². The SMILES string of the molecule is CCc1ccc(NC(=S)NCc2ccc(C[NH+]3CCCCC3)cc2)cc1. The Balaban J connectivity index is 1.44. The number of piperidine rings is 1. The molecule has 26 heavy (non-hydrogen) atoms. The number of thiocarbonyl (C=S) groups is 1. The summed E-state index contributed by atoms with van der Waals surface area (Å²) in [6.07, 6.45) is 5.22. The number of hydrogen-bond acceptors (Lipinski definition) is 1. The number of anilines is 1. The normalized spacial score (nSPS) is 14.8. The van der Waals surface area contributed by atoms with Gasteiger partial charge >= 0.3 is 0 Å². The highest BCUT2D eigenvalue weighted by Crippen LogP contribution is 2.10. The molecule has 1 heterocycles. The standard InChI is InChI=1S/C22H29N3S/c1-2-18-10-12-21(13-11-18)24-22(26)23-16-19-6-8-20(9-7-19)17-25-14-4-3-5-15-25/h6-13H,2-5,14-17H2,1H3,(H2,23,24,26)/p+1. The van der Waals surface area contributed by atoms with Crippen molar-refractivity contribution in [2.75, 3.05) is 18.4 Å². The minimum atomic E-state index is 0.663. The van der Waals surface area contributed by atoms with E-state index in [0.717, 1.165) is 25.2 Å². The fourth-order valence-electron chi connectivity index (χ4n) is 3.47. The van der Waals surface area contributed by atoms with Crippen LogP contribution < -0.4 is 15.5 Å². The molecule has 1 aliphatic rings. The molecular weight excluding hydrogens is 338 g/mol. The zero-order valence-corrected chi connectivity index (χ0v) is 16.5. The molecule has 2 aromatic rings. The molecule has 0 unspecified atom stereocenters. The number of benzene rings is 2. The second-order valence-electron chi connectivity index (χ2n) is 7.16. The highest BCUT2D eigenvalue weighted by Gasteiger charge is 2.13. The van der Waals surface area contributed by atoms with Gasteiger partial charge in [-0.05, 0) is 61.2 Å². The van der Waals surface area contributed by atoms with Gasteiger partial charge in [0.05, 0.1) is 13.1 Å². The van der Waals surface area contributed by atoms with Crippen LogP contribution in [0.4, 0.5) is 5.69 Å². The second-order valence-corrected chi connectivity index (χ2v) is 7.57. The number of nitrogens with one attached hydrogen (secondary N) is 3. The van der Waals surface area contributed by atoms with E-state index in [1.807, 2.05) is 0 Å². The van der Waals surface area contributed by atoms with Crippen molar-refractivity contribution in [3.8, 4) is 0 Å². The van der Waals surface area contributed by atoms with Crippen molar-refractivity contribution in [2.45, 2.75) is 45.7 Å². The lowest BCUT2D eigenvalue weighted by atomic mass is 10.1. The molecule has 138 valence electrons. The Labute approximate surface area is 162 Å². The van der Waals surface area contributed by atoms with Gasteiger partial charge in [0.25, 0.3) is 0 Å². The lowest BCUT2D eigenvalue weighted by molar-refractivity contribution is -0.918. The fourth-order valence-corrected chi connectivity index (χ4v) is 3.66. The van der Waals surface area contributed by atoms with Crippen molar-refractivity contribution >= 4 is 23.0 Å². The first kappa shape index (κ1) is 18.9. The number of likely N-dealkylation sites (tertiary alicyclic amines) is 1. The Morgan fingerprint density at radius 2 is 1.50 bits per heavy atom. The summed E-state index contributed by atoms with van der Waals surface area (Å²) in [5.74, 6) is 0. The zero-order chi connectivity index (χ0) is 18.2. The fraction of sp³-hybridized carbons (Fsp3) is 0.409. The van der Waals surface area contributed by atoms with E-state index in [-0.39, 0.29) is 0 Å². The van der Waals surface area contributed by atoms with Crippen LogP contribution in [0, 0.1) is 0 Å². The van der Waals surface area contributed by atoms with E-state index in [1.165, 1.54) is 49.0 Å². The van der Waals surface area contributed by atoms with Gasteiger partial charge in [0.15, 0.2) is 5.11 Å². The zero-order valence-electron chi connectivity index (χ0n) is 15.7. The van der Waals surface area contributed by atoms with Crippen LogP contribution in [0.15, 0.2) is 48.5 Å². The number of hydrogen-bond donors (Lipinski definition) is 3. The van der Waals surface area contributed by atoms with Crippen molar-refractivity contribution in [3.05, 3.63) is 65.2 Å². The third-order valence-corrected chi connectivity index (χ3v) is 5.36. The largest absolute Gasteiger partial charge is 0.358 e. The van der Waals surface area contributed by atoms with Crippen LogP contribution in [-0.4, -0.2) is 18.2 Å². The second kappa shape index (κ2) is 9.70. The first-order valence-electron chi connectivity index (χ1n) is 9.78. The van der Waals surface area contributed by atoms with Gasteiger partial charge in [-0.25, -0.2) is 0 Å². The van der Waals surface area contributed by atoms with Gasteiger partial charge in [0, 0.05) is 17.8 Å². The molecule has 3 rings (SSSR count). The maximum absolute atomic E-state index is 5.40. The molecule has 0 radical (unpaired) electrons. The van der Waals surface area contributed by atoms with Crippen LogP contribution in [0.2, 0.25) is 0 Å². The van der Waals surface area contributed by atoms with E-state index in [9.17, 15) is 0 Å². The molecule has 3 nitrogen and oxygen atoms in total. The molecule has 1 fully saturated rings. The predicted molar refractivity (Wildman–Crippen MR) is 114 cm³/mol. The van der Waals surface area contributed by atoms with Gasteiger partial charge in [0.1, 0.15) is 6.54 Å². The Bertz CT molecular complexity index is 688. The Morgan fingerprint density at radius 1 is 0.885 bits per heavy atom. The van der Waals surface area contributed by atoms with E-state index in [0.29, 0.717) is 5.11 Å². The Hall–Kier alpha value is -1.91. The summed E-state index contributed by atoms with van der Waals surface area (Å²) in [5.41, 5.74) is 5.05. The third-order valence-electron chi connectivity index (χ3n) is 5.11. The van der Waals surface area contributed by atoms with Crippen LogP contribution in [-0.2, 0) is 19.5 Å². The summed E-state index contributed by atoms with van der Waals surface area (Å²) >= 11 is 5.40. The molecule has 3 N–H and O–H groups in total. The van der Waals surface area contributed by atoms with E-state index < -0.39 is 0 Å². The van der Waals surface area contributed by atoms with Crippen LogP contribution in [0.3, 0.4) is 0 Å². The summed E-state index contributed by atoms with van der Waals surface area (Å²) in [7, 11) is 0. The summed E-state index contributed by atoms with van der Waals surface area (Å²) < 4.78 is 0. The molecular formula is C22H30N3S+. The topological polar surface area (TPSA) is 28.5 Å². The van der Waals surface area contributed by atoms with Crippen molar-refractivity contribution in [1.29, 1.82) is 0 Å². The maximum atomic E-state index is 5.40. The lowest BCUT2D eigenvalue weighted by Gasteiger charge is -2.23. The van der Waals surface area contributed by atoms with Crippen LogP contribution in [0.25, 0.3) is 0 Å². The highest BCUT2D eigenvalue weighted by molar-refractivity contribution is 7.80. The summed E-state index contributed by atoms with van der Waals surface area (Å²) in [6, 6.07) is 17.4. The smallest absolute Gasteiger partial charge is 0.171 e. The van der Waals surface area contributed by atoms with E-state index in [2.05, 4.69) is 66.1 Å². The van der Waals surface area contributed by atoms with Crippen LogP contribution >= 0.6 is 12.2 Å². The predicted octanol–water partition coefficient (Wildman–Crippen LogP) is 3.30. The third kappa shape index (κ3) is 5.82. The Morgan fingerprint density at radius 3 is 2.15 bits per heavy atom. The van der Waals surface area contributed by atoms with Crippen molar-refractivity contribution < 1.29 is 4.90 Å². The van der Waals surface area contributed by atoms with E-state index >= 15 is 0 Å². The van der Waals surface area contributed by atoms with Gasteiger partial charge in [-0.15, -0.1) is 0 Å². The summed E-state index contributed by atoms with van der Waals surface area (Å²) in [4.78, 5) is 1.72. The lowest BCUT2D eigenvalue weighted by Crippen LogP contribution is -3.11. The number of aryl methyl sites for hydroxylation is 1. The van der Waals surface area contributed by atoms with Crippen molar-refractivity contribution in [2.24, 2.45) is 0 Å². The van der Waals surface area contributed by atoms with E-state index in [1.54, 1.807) is 4.90 Å². The summed E-state index contributed by atoms with van der Waals surface area (Å²) in [5, 5.41) is 7.20. The molecule has 0 saturated carbocycles. The Kier molecular flexibility index (Phi) is 7.04. The van der Waals surface area contributed by atoms with Crippen LogP contribution in [0.5, 0.6) is 0 Å². The number of quaternary nitrogens is 1. The monoisotopic (exact) mass is 368 g/mol. The molecule has 0 spiro atoms.